The van der Waals surface area contributed by atoms with Crippen LogP contribution in [-0.2, 0) is 11.2 Å². The monoisotopic (exact) mass is 458 g/mol. The van der Waals surface area contributed by atoms with Crippen molar-refractivity contribution in [2.45, 2.75) is 51.8 Å². The Morgan fingerprint density at radius 2 is 2.09 bits per heavy atom. The Morgan fingerprint density at radius 3 is 2.82 bits per heavy atom. The van der Waals surface area contributed by atoms with Crippen molar-refractivity contribution in [3.8, 4) is 34.7 Å². The van der Waals surface area contributed by atoms with Gasteiger partial charge < -0.3 is 19.3 Å². The van der Waals surface area contributed by atoms with Gasteiger partial charge in [-0.3, -0.25) is 4.79 Å². The molecule has 0 spiro atoms. The second-order valence-electron chi connectivity index (χ2n) is 9.23. The summed E-state index contributed by atoms with van der Waals surface area (Å²) >= 11 is 0. The van der Waals surface area contributed by atoms with Gasteiger partial charge in [-0.05, 0) is 62.4 Å². The fraction of sp³-hybridized carbons (Fsp3) is 0.385. The number of carbonyl (C=O) groups is 1. The Bertz CT molecular complexity index is 1290. The predicted octanol–water partition coefficient (Wildman–Crippen LogP) is 3.89. The summed E-state index contributed by atoms with van der Waals surface area (Å²) in [6, 6.07) is 13.1. The Balaban J connectivity index is 1.48. The molecule has 3 unspecified atom stereocenters. The molecule has 3 aromatic rings. The van der Waals surface area contributed by atoms with E-state index < -0.39 is 0 Å². The summed E-state index contributed by atoms with van der Waals surface area (Å²) in [5, 5.41) is 23.4. The number of rotatable bonds is 6. The number of likely N-dealkylation sites (tertiary alicyclic amines) is 1. The van der Waals surface area contributed by atoms with Crippen LogP contribution in [0.2, 0.25) is 0 Å². The second kappa shape index (κ2) is 8.58. The first kappa shape index (κ1) is 22.1. The van der Waals surface area contributed by atoms with Crippen molar-refractivity contribution in [1.82, 2.24) is 15.0 Å². The van der Waals surface area contributed by atoms with Gasteiger partial charge in [0.2, 0.25) is 11.7 Å². The number of ether oxygens (including phenoxy) is 1. The summed E-state index contributed by atoms with van der Waals surface area (Å²) in [6.45, 7) is 5.63. The molecule has 3 atom stereocenters. The molecule has 2 aromatic carbocycles. The number of hydrogen-bond donors (Lipinski definition) is 1. The molecule has 1 aliphatic carbocycles. The fourth-order valence-electron chi connectivity index (χ4n) is 5.16. The number of aliphatic hydroxyl groups excluding tert-OH is 1. The summed E-state index contributed by atoms with van der Waals surface area (Å²) in [6.07, 6.45) is 1.18. The van der Waals surface area contributed by atoms with E-state index in [1.165, 1.54) is 0 Å². The minimum absolute atomic E-state index is 0.0392. The van der Waals surface area contributed by atoms with Crippen molar-refractivity contribution in [2.75, 3.05) is 6.61 Å². The quantitative estimate of drug-likeness (QED) is 0.596. The number of nitriles is 1. The van der Waals surface area contributed by atoms with Crippen LogP contribution in [-0.4, -0.2) is 44.8 Å². The number of hydrogen-bond acceptors (Lipinski definition) is 7. The number of carbonyl (C=O) groups excluding carboxylic acids is 1. The maximum atomic E-state index is 12.6. The summed E-state index contributed by atoms with van der Waals surface area (Å²) in [5.41, 5.74) is 4.13. The predicted molar refractivity (Wildman–Crippen MR) is 124 cm³/mol. The molecule has 2 heterocycles. The zero-order valence-corrected chi connectivity index (χ0v) is 19.4. The van der Waals surface area contributed by atoms with Gasteiger partial charge in [0.25, 0.3) is 5.89 Å². The van der Waals surface area contributed by atoms with Crippen LogP contribution >= 0.6 is 0 Å². The molecule has 2 aliphatic rings. The molecule has 1 N–H and O–H groups in total. The minimum atomic E-state index is -0.231. The normalized spacial score (nSPS) is 19.8. The number of aliphatic hydroxyl groups is 1. The summed E-state index contributed by atoms with van der Waals surface area (Å²) in [7, 11) is 0. The number of nitrogens with zero attached hydrogens (tertiary/aromatic N) is 4. The fourth-order valence-corrected chi connectivity index (χ4v) is 5.16. The number of amides is 1. The first-order valence-corrected chi connectivity index (χ1v) is 11.5. The lowest BCUT2D eigenvalue weighted by Crippen LogP contribution is -2.38. The first-order valence-electron chi connectivity index (χ1n) is 11.5. The standard InChI is InChI=1S/C26H26N4O4/c1-14(2)33-22-8-7-16(9-18(22)12-27)26-28-25(29-34-26)20-6-4-5-19-21(20)10-17-11-23(32)30(24(17)19)15(3)13-31/h4-9,14-15,17,24,31H,10-11,13H2,1-3H3. The van der Waals surface area contributed by atoms with E-state index in [4.69, 9.17) is 9.26 Å². The smallest absolute Gasteiger partial charge is 0.258 e. The van der Waals surface area contributed by atoms with Gasteiger partial charge in [-0.2, -0.15) is 10.2 Å². The molecular formula is C26H26N4O4. The second-order valence-corrected chi connectivity index (χ2v) is 9.23. The van der Waals surface area contributed by atoms with E-state index in [0.717, 1.165) is 23.1 Å². The molecule has 0 radical (unpaired) electrons. The Morgan fingerprint density at radius 1 is 1.26 bits per heavy atom. The lowest BCUT2D eigenvalue weighted by atomic mass is 10.0. The lowest BCUT2D eigenvalue weighted by molar-refractivity contribution is -0.131. The van der Waals surface area contributed by atoms with Gasteiger partial charge in [0.05, 0.1) is 30.4 Å². The van der Waals surface area contributed by atoms with E-state index in [-0.39, 0.29) is 36.6 Å². The first-order chi connectivity index (χ1) is 16.4. The van der Waals surface area contributed by atoms with Crippen LogP contribution in [0.1, 0.15) is 49.9 Å². The third kappa shape index (κ3) is 3.62. The molecule has 34 heavy (non-hydrogen) atoms. The molecule has 8 nitrogen and oxygen atoms in total. The van der Waals surface area contributed by atoms with Gasteiger partial charge in [0.15, 0.2) is 0 Å². The zero-order valence-electron chi connectivity index (χ0n) is 19.4. The molecule has 0 bridgehead atoms. The van der Waals surface area contributed by atoms with Gasteiger partial charge in [-0.1, -0.05) is 23.4 Å². The summed E-state index contributed by atoms with van der Waals surface area (Å²) < 4.78 is 11.3. The van der Waals surface area contributed by atoms with E-state index in [1.807, 2.05) is 43.9 Å². The van der Waals surface area contributed by atoms with Crippen LogP contribution in [0.4, 0.5) is 0 Å². The topological polar surface area (TPSA) is 112 Å². The molecule has 8 heteroatoms. The van der Waals surface area contributed by atoms with Gasteiger partial charge in [0.1, 0.15) is 11.8 Å². The van der Waals surface area contributed by atoms with Crippen molar-refractivity contribution >= 4 is 5.91 Å². The van der Waals surface area contributed by atoms with Crippen molar-refractivity contribution in [3.63, 3.8) is 0 Å². The summed E-state index contributed by atoms with van der Waals surface area (Å²) in [5.74, 6) is 1.58. The molecule has 5 rings (SSSR count). The summed E-state index contributed by atoms with van der Waals surface area (Å²) in [4.78, 5) is 19.0. The average molecular weight is 459 g/mol. The Kier molecular flexibility index (Phi) is 5.58. The highest BCUT2D eigenvalue weighted by Gasteiger charge is 2.47. The maximum Gasteiger partial charge on any atom is 0.258 e. The van der Waals surface area contributed by atoms with Crippen LogP contribution in [0.15, 0.2) is 40.9 Å². The maximum absolute atomic E-state index is 12.6. The van der Waals surface area contributed by atoms with Crippen LogP contribution in [0.5, 0.6) is 5.75 Å². The Labute approximate surface area is 197 Å². The highest BCUT2D eigenvalue weighted by Crippen LogP contribution is 2.50. The van der Waals surface area contributed by atoms with Crippen LogP contribution < -0.4 is 4.74 Å². The van der Waals surface area contributed by atoms with Crippen LogP contribution in [0.25, 0.3) is 22.8 Å². The van der Waals surface area contributed by atoms with E-state index in [1.54, 1.807) is 18.2 Å². The number of aromatic nitrogens is 2. The third-order valence-corrected chi connectivity index (χ3v) is 6.58. The highest BCUT2D eigenvalue weighted by molar-refractivity contribution is 5.81. The van der Waals surface area contributed by atoms with E-state index >= 15 is 0 Å². The van der Waals surface area contributed by atoms with Gasteiger partial charge in [0, 0.05) is 17.5 Å². The van der Waals surface area contributed by atoms with Crippen LogP contribution in [0, 0.1) is 17.2 Å². The van der Waals surface area contributed by atoms with E-state index in [9.17, 15) is 15.2 Å². The van der Waals surface area contributed by atoms with Crippen molar-refractivity contribution < 1.29 is 19.2 Å². The lowest BCUT2D eigenvalue weighted by Gasteiger charge is -2.30. The average Bonchev–Trinajstić information content (AvgIpc) is 3.52. The highest BCUT2D eigenvalue weighted by atomic mass is 16.5. The van der Waals surface area contributed by atoms with Crippen molar-refractivity contribution in [1.29, 1.82) is 5.26 Å². The molecule has 1 amide bonds. The largest absolute Gasteiger partial charge is 0.490 e. The molecule has 1 saturated heterocycles. The minimum Gasteiger partial charge on any atom is -0.490 e. The molecule has 1 aliphatic heterocycles. The SMILES string of the molecule is CC(C)Oc1ccc(-c2nc(-c3cccc4c3CC3CC(=O)N(C(C)CO)C43)no2)cc1C#N. The van der Waals surface area contributed by atoms with Gasteiger partial charge >= 0.3 is 0 Å². The van der Waals surface area contributed by atoms with E-state index in [0.29, 0.717) is 35.0 Å². The molecular weight excluding hydrogens is 432 g/mol. The molecule has 1 aromatic heterocycles. The van der Waals surface area contributed by atoms with Gasteiger partial charge in [-0.15, -0.1) is 0 Å². The molecule has 1 fully saturated rings. The molecule has 0 saturated carbocycles. The van der Waals surface area contributed by atoms with E-state index in [2.05, 4.69) is 16.2 Å². The van der Waals surface area contributed by atoms with Crippen molar-refractivity contribution in [2.24, 2.45) is 5.92 Å². The van der Waals surface area contributed by atoms with Gasteiger partial charge in [-0.25, -0.2) is 0 Å². The number of benzene rings is 2. The van der Waals surface area contributed by atoms with Crippen molar-refractivity contribution in [3.05, 3.63) is 53.1 Å². The van der Waals surface area contributed by atoms with Crippen LogP contribution in [0.3, 0.4) is 0 Å². The number of fused-ring (bicyclic) bond motifs is 3. The Hall–Kier alpha value is -3.70. The third-order valence-electron chi connectivity index (χ3n) is 6.58. The molecule has 174 valence electrons. The zero-order chi connectivity index (χ0) is 24.0.